The SMILES string of the molecule is CCO[C@@H]1C[C@H]2C(=O)NC3(CC(C)(C)C3)C(=O)N(C)[C@@H](C3CCCC3)C(=O)N(C)[C@H](CC)CC(=O)N(C)[C@@H](CC)C(=O)N[C@@H]([C@@H](C)CC)C(=O)N(C)CC(=O)N(C)[C@H]3C/C=C\CCN(C3=O)[C@@H](CC3CCC(C(F)(F)F)CC3)C(=O)N(C)CC(=O)N[C@@H](CCC3CC(F)C(C(F)(F)F)C(F)C3)C(=O)N2C1. The molecule has 0 aromatic rings. The number of likely N-dealkylation sites (N-methyl/N-ethyl adjacent to an activating group) is 6. The first-order chi connectivity index (χ1) is 49.1. The zero-order valence-electron chi connectivity index (χ0n) is 63.6. The van der Waals surface area contributed by atoms with Gasteiger partial charge in [0.2, 0.25) is 65.0 Å². The first-order valence-corrected chi connectivity index (χ1v) is 37.9. The molecule has 594 valence electrons. The molecular formula is C74H115F8N11O12. The molecule has 3 aliphatic heterocycles. The van der Waals surface area contributed by atoms with Gasteiger partial charge >= 0.3 is 12.4 Å². The maximum atomic E-state index is 15.6. The molecule has 31 heteroatoms. The number of alkyl halides is 8. The fourth-order valence-corrected chi connectivity index (χ4v) is 17.6. The second kappa shape index (κ2) is 36.0. The molecule has 12 atom stereocenters. The van der Waals surface area contributed by atoms with E-state index in [9.17, 15) is 50.3 Å². The number of ether oxygens (including phenoxy) is 1. The maximum absolute atomic E-state index is 15.6. The summed E-state index contributed by atoms with van der Waals surface area (Å²) < 4.78 is 121. The molecule has 3 N–H and O–H groups in total. The van der Waals surface area contributed by atoms with Crippen molar-refractivity contribution in [2.24, 2.45) is 40.9 Å². The van der Waals surface area contributed by atoms with E-state index < -0.39 is 217 Å². The van der Waals surface area contributed by atoms with Crippen LogP contribution in [0.4, 0.5) is 35.1 Å². The van der Waals surface area contributed by atoms with E-state index in [-0.39, 0.29) is 116 Å². The van der Waals surface area contributed by atoms with Crippen LogP contribution in [0, 0.1) is 40.9 Å². The van der Waals surface area contributed by atoms with Gasteiger partial charge in [-0.25, -0.2) is 8.78 Å². The Bertz CT molecular complexity index is 3110. The molecule has 23 nitrogen and oxygen atoms in total. The smallest absolute Gasteiger partial charge is 0.377 e. The number of rotatable bonds is 12. The average Bonchev–Trinajstić information content (AvgIpc) is 1.37. The molecule has 1 spiro atoms. The molecule has 105 heavy (non-hydrogen) atoms. The molecule has 0 aromatic carbocycles. The van der Waals surface area contributed by atoms with E-state index >= 15 is 37.5 Å². The van der Waals surface area contributed by atoms with E-state index in [0.717, 1.165) is 32.4 Å². The van der Waals surface area contributed by atoms with Gasteiger partial charge in [0.05, 0.1) is 25.1 Å². The zero-order valence-corrected chi connectivity index (χ0v) is 63.6. The third-order valence-electron chi connectivity index (χ3n) is 23.8. The predicted octanol–water partition coefficient (Wildman–Crippen LogP) is 7.67. The Kier molecular flexibility index (Phi) is 29.3. The van der Waals surface area contributed by atoms with Crippen molar-refractivity contribution in [3.05, 3.63) is 12.2 Å². The number of fused-ring (bicyclic) bond motifs is 3. The summed E-state index contributed by atoms with van der Waals surface area (Å²) in [6.45, 7) is 10.7. The quantitative estimate of drug-likeness (QED) is 0.126. The van der Waals surface area contributed by atoms with Crippen LogP contribution >= 0.6 is 0 Å². The lowest BCUT2D eigenvalue weighted by molar-refractivity contribution is -0.219. The van der Waals surface area contributed by atoms with Crippen LogP contribution < -0.4 is 16.0 Å². The summed E-state index contributed by atoms with van der Waals surface area (Å²) in [5.41, 5.74) is -2.22. The topological polar surface area (TPSA) is 259 Å². The number of carbonyl (C=O) groups excluding carboxylic acids is 11. The summed E-state index contributed by atoms with van der Waals surface area (Å²) in [5, 5.41) is 8.51. The Hall–Kier alpha value is -6.69. The van der Waals surface area contributed by atoms with Gasteiger partial charge in [0.1, 0.15) is 66.1 Å². The van der Waals surface area contributed by atoms with Gasteiger partial charge in [0.15, 0.2) is 0 Å². The number of carbonyl (C=O) groups is 11. The molecule has 7 rings (SSSR count). The number of hydrogen-bond donors (Lipinski definition) is 3. The van der Waals surface area contributed by atoms with Crippen LogP contribution in [0.15, 0.2) is 12.2 Å². The van der Waals surface area contributed by atoms with Crippen molar-refractivity contribution in [1.82, 2.24) is 55.1 Å². The van der Waals surface area contributed by atoms with Gasteiger partial charge in [-0.1, -0.05) is 73.0 Å². The van der Waals surface area contributed by atoms with Crippen molar-refractivity contribution in [3.63, 3.8) is 0 Å². The molecule has 2 bridgehead atoms. The summed E-state index contributed by atoms with van der Waals surface area (Å²) >= 11 is 0. The van der Waals surface area contributed by atoms with Crippen LogP contribution in [-0.4, -0.2) is 264 Å². The van der Waals surface area contributed by atoms with E-state index in [1.54, 1.807) is 53.8 Å². The molecule has 4 aliphatic carbocycles. The van der Waals surface area contributed by atoms with Crippen molar-refractivity contribution < 1.29 is 92.6 Å². The second-order valence-electron chi connectivity index (χ2n) is 31.9. The third-order valence-corrected chi connectivity index (χ3v) is 23.8. The Morgan fingerprint density at radius 1 is 0.610 bits per heavy atom. The summed E-state index contributed by atoms with van der Waals surface area (Å²) in [6, 6.07) is -10.1. The molecule has 7 aliphatic rings. The minimum atomic E-state index is -5.21. The minimum Gasteiger partial charge on any atom is -0.377 e. The molecule has 6 fully saturated rings. The number of nitrogens with one attached hydrogen (secondary N) is 3. The van der Waals surface area contributed by atoms with Gasteiger partial charge in [-0.05, 0) is 145 Å². The highest BCUT2D eigenvalue weighted by molar-refractivity contribution is 6.00. The van der Waals surface area contributed by atoms with Crippen molar-refractivity contribution in [2.75, 3.05) is 75.1 Å². The van der Waals surface area contributed by atoms with Gasteiger partial charge in [-0.15, -0.1) is 0 Å². The molecule has 4 saturated carbocycles. The van der Waals surface area contributed by atoms with E-state index in [1.165, 1.54) is 54.8 Å². The number of hydrogen-bond acceptors (Lipinski definition) is 12. The number of nitrogens with zero attached hydrogens (tertiary/aromatic N) is 8. The van der Waals surface area contributed by atoms with Gasteiger partial charge in [0, 0.05) is 80.9 Å². The summed E-state index contributed by atoms with van der Waals surface area (Å²) in [5.74, 6) is -15.1. The highest BCUT2D eigenvalue weighted by Crippen LogP contribution is 2.50. The molecular weight excluding hydrogens is 1390 g/mol. The Morgan fingerprint density at radius 2 is 1.23 bits per heavy atom. The van der Waals surface area contributed by atoms with Crippen molar-refractivity contribution in [1.29, 1.82) is 0 Å². The Balaban J connectivity index is 1.31. The average molecular weight is 1500 g/mol. The fourth-order valence-electron chi connectivity index (χ4n) is 17.6. The van der Waals surface area contributed by atoms with E-state index in [1.807, 2.05) is 13.8 Å². The maximum Gasteiger partial charge on any atom is 0.397 e. The standard InChI is InChI=1S/C74H115F8N11O12/c1-14-43(5)61-68(102)87(9)40-59(96)90(12)54-25-19-18-22-32-92(67(54)101)56(35-44-26-29-47(30-27-44)73(77,78)79)66(100)86(8)39-57(94)83-52(31-28-45-33-50(75)60(51(76)34-45)74(80,81)82)65(99)93-38-49(105-17-4)37-55(93)64(98)85-72(41-71(6,7)42-72)70(104)91(13)62(46-23-20-21-24-46)69(103)88(10)48(15-2)36-58(95)89(11)53(16-3)63(97)84-61/h18-19,43-56,60-62H,14-17,20-42H2,1-13H3,(H,83,94)(H,84,97)(H,85,98)/b19-18-/t43-,44?,45?,47?,48+,49+,50?,51?,52-,53-,54-,55-,56-,60?,61-,62-/m0/s1. The van der Waals surface area contributed by atoms with E-state index in [0.29, 0.717) is 19.3 Å². The first kappa shape index (κ1) is 85.6. The molecule has 11 amide bonds. The summed E-state index contributed by atoms with van der Waals surface area (Å²) in [4.78, 5) is 175. The highest BCUT2D eigenvalue weighted by Gasteiger charge is 2.60. The number of amides is 11. The van der Waals surface area contributed by atoms with E-state index in [2.05, 4.69) is 16.0 Å². The van der Waals surface area contributed by atoms with Gasteiger partial charge in [0.25, 0.3) is 0 Å². The normalized spacial score (nSPS) is 33.1. The Morgan fingerprint density at radius 3 is 1.79 bits per heavy atom. The lowest BCUT2D eigenvalue weighted by atomic mass is 9.58. The van der Waals surface area contributed by atoms with E-state index in [4.69, 9.17) is 4.74 Å². The lowest BCUT2D eigenvalue weighted by Crippen LogP contribution is -2.71. The predicted molar refractivity (Wildman–Crippen MR) is 373 cm³/mol. The summed E-state index contributed by atoms with van der Waals surface area (Å²) in [7, 11) is 8.41. The van der Waals surface area contributed by atoms with Crippen molar-refractivity contribution in [2.45, 2.75) is 274 Å². The second-order valence-corrected chi connectivity index (χ2v) is 31.9. The molecule has 0 radical (unpaired) electrons. The monoisotopic (exact) mass is 1500 g/mol. The van der Waals surface area contributed by atoms with Crippen molar-refractivity contribution >= 4 is 65.0 Å². The molecule has 0 aromatic heterocycles. The van der Waals surface area contributed by atoms with Gasteiger partial charge in [-0.2, -0.15) is 26.3 Å². The van der Waals surface area contributed by atoms with Gasteiger partial charge < -0.3 is 59.9 Å². The molecule has 2 unspecified atom stereocenters. The minimum absolute atomic E-state index is 0.00727. The number of halogens is 8. The van der Waals surface area contributed by atoms with Crippen LogP contribution in [0.2, 0.25) is 0 Å². The fraction of sp³-hybridized carbons (Fsp3) is 0.824. The first-order valence-electron chi connectivity index (χ1n) is 37.9. The van der Waals surface area contributed by atoms with Crippen LogP contribution in [0.1, 0.15) is 190 Å². The molecule has 2 saturated heterocycles. The third kappa shape index (κ3) is 20.6. The Labute approximate surface area is 613 Å². The zero-order chi connectivity index (χ0) is 78.1. The lowest BCUT2D eigenvalue weighted by Gasteiger charge is -2.54. The van der Waals surface area contributed by atoms with Crippen LogP contribution in [-0.2, 0) is 57.5 Å². The van der Waals surface area contributed by atoms with Crippen molar-refractivity contribution in [3.8, 4) is 0 Å². The van der Waals surface area contributed by atoms with Crippen LogP contribution in [0.5, 0.6) is 0 Å². The largest absolute Gasteiger partial charge is 0.397 e. The highest BCUT2D eigenvalue weighted by atomic mass is 19.4. The summed E-state index contributed by atoms with van der Waals surface area (Å²) in [6.07, 6.45) is -12.2. The van der Waals surface area contributed by atoms with Gasteiger partial charge in [-0.3, -0.25) is 52.7 Å². The van der Waals surface area contributed by atoms with Crippen LogP contribution in [0.25, 0.3) is 0 Å². The molecule has 3 heterocycles. The van der Waals surface area contributed by atoms with Crippen LogP contribution in [0.3, 0.4) is 0 Å².